The zero-order valence-corrected chi connectivity index (χ0v) is 15.6. The minimum atomic E-state index is -0.642. The van der Waals surface area contributed by atoms with E-state index in [1.165, 1.54) is 0 Å². The van der Waals surface area contributed by atoms with Crippen molar-refractivity contribution >= 4 is 34.8 Å². The molecule has 1 aliphatic rings. The second-order valence-electron chi connectivity index (χ2n) is 5.68. The molecule has 140 valence electrons. The Bertz CT molecular complexity index is 663. The van der Waals surface area contributed by atoms with Crippen LogP contribution in [0.3, 0.4) is 0 Å². The topological polar surface area (TPSA) is 82.7 Å². The molecule has 0 radical (unpaired) electrons. The van der Waals surface area contributed by atoms with Gasteiger partial charge in [-0.2, -0.15) is 0 Å². The minimum Gasteiger partial charge on any atom is -0.494 e. The number of hydrogen-bond acceptors (Lipinski definition) is 4. The number of carbonyl (C=O) groups excluding carboxylic acids is 2. The van der Waals surface area contributed by atoms with Gasteiger partial charge in [-0.15, -0.1) is 6.58 Å². The largest absolute Gasteiger partial charge is 0.494 e. The van der Waals surface area contributed by atoms with E-state index in [2.05, 4.69) is 22.5 Å². The Morgan fingerprint density at radius 2 is 2.19 bits per heavy atom. The van der Waals surface area contributed by atoms with Gasteiger partial charge in [-0.05, 0) is 43.4 Å². The van der Waals surface area contributed by atoms with Crippen LogP contribution in [-0.4, -0.2) is 54.1 Å². The van der Waals surface area contributed by atoms with E-state index in [4.69, 9.17) is 17.0 Å². The number of amides is 2. The van der Waals surface area contributed by atoms with Gasteiger partial charge in [-0.3, -0.25) is 9.59 Å². The van der Waals surface area contributed by atoms with E-state index in [9.17, 15) is 9.59 Å². The van der Waals surface area contributed by atoms with Crippen LogP contribution in [0, 0.1) is 0 Å². The summed E-state index contributed by atoms with van der Waals surface area (Å²) >= 11 is 5.33. The second-order valence-corrected chi connectivity index (χ2v) is 6.07. The number of anilines is 1. The number of piperazine rings is 1. The lowest BCUT2D eigenvalue weighted by Crippen LogP contribution is -2.60. The molecule has 1 aliphatic heterocycles. The van der Waals surface area contributed by atoms with E-state index >= 15 is 0 Å². The predicted molar refractivity (Wildman–Crippen MR) is 105 cm³/mol. The van der Waals surface area contributed by atoms with Gasteiger partial charge >= 0.3 is 0 Å². The number of ether oxygens (including phenoxy) is 1. The third-order valence-corrected chi connectivity index (χ3v) is 4.20. The lowest BCUT2D eigenvalue weighted by atomic mass is 10.1. The maximum absolute atomic E-state index is 12.4. The Hall–Kier alpha value is -2.61. The third kappa shape index (κ3) is 5.45. The molecule has 1 aromatic rings. The minimum absolute atomic E-state index is 0.00888. The van der Waals surface area contributed by atoms with Crippen LogP contribution in [0.15, 0.2) is 36.9 Å². The van der Waals surface area contributed by atoms with Gasteiger partial charge in [0.15, 0.2) is 5.11 Å². The number of rotatable bonds is 7. The summed E-state index contributed by atoms with van der Waals surface area (Å²) in [6, 6.07) is 6.45. The van der Waals surface area contributed by atoms with Crippen molar-refractivity contribution in [3.8, 4) is 5.75 Å². The molecule has 0 unspecified atom stereocenters. The average Bonchev–Trinajstić information content (AvgIpc) is 2.63. The Morgan fingerprint density at radius 1 is 1.46 bits per heavy atom. The van der Waals surface area contributed by atoms with E-state index in [1.807, 2.05) is 6.92 Å². The molecule has 1 atom stereocenters. The monoisotopic (exact) mass is 376 g/mol. The number of hydrogen-bond donors (Lipinski definition) is 3. The molecule has 0 aromatic heterocycles. The van der Waals surface area contributed by atoms with Crippen molar-refractivity contribution in [2.45, 2.75) is 19.4 Å². The van der Waals surface area contributed by atoms with Crippen LogP contribution >= 0.6 is 12.2 Å². The highest BCUT2D eigenvalue weighted by Crippen LogP contribution is 2.17. The second kappa shape index (κ2) is 9.76. The van der Waals surface area contributed by atoms with Crippen molar-refractivity contribution in [2.75, 3.05) is 31.6 Å². The zero-order valence-electron chi connectivity index (χ0n) is 14.8. The van der Waals surface area contributed by atoms with E-state index < -0.39 is 6.04 Å². The molecular weight excluding hydrogens is 352 g/mol. The molecular formula is C18H24N4O3S. The van der Waals surface area contributed by atoms with E-state index in [-0.39, 0.29) is 18.2 Å². The van der Waals surface area contributed by atoms with Gasteiger partial charge < -0.3 is 25.6 Å². The summed E-state index contributed by atoms with van der Waals surface area (Å²) in [6.07, 6.45) is 1.69. The fourth-order valence-corrected chi connectivity index (χ4v) is 2.91. The first-order valence-electron chi connectivity index (χ1n) is 8.51. The number of nitrogens with zero attached hydrogens (tertiary/aromatic N) is 1. The van der Waals surface area contributed by atoms with Gasteiger partial charge in [0, 0.05) is 25.3 Å². The highest BCUT2D eigenvalue weighted by molar-refractivity contribution is 7.80. The molecule has 7 nitrogen and oxygen atoms in total. The Morgan fingerprint density at radius 3 is 2.85 bits per heavy atom. The van der Waals surface area contributed by atoms with Gasteiger partial charge in [-0.1, -0.05) is 6.08 Å². The number of carbonyl (C=O) groups is 2. The number of nitrogens with one attached hydrogen (secondary N) is 3. The Balaban J connectivity index is 1.98. The van der Waals surface area contributed by atoms with Crippen LogP contribution in [-0.2, 0) is 9.59 Å². The van der Waals surface area contributed by atoms with Crippen molar-refractivity contribution in [3.63, 3.8) is 0 Å². The summed E-state index contributed by atoms with van der Waals surface area (Å²) in [7, 11) is 0. The molecule has 0 aliphatic carbocycles. The maximum atomic E-state index is 12.4. The van der Waals surface area contributed by atoms with Gasteiger partial charge in [0.25, 0.3) is 0 Å². The summed E-state index contributed by atoms with van der Waals surface area (Å²) in [5.74, 6) is 0.274. The van der Waals surface area contributed by atoms with Gasteiger partial charge in [0.1, 0.15) is 11.8 Å². The van der Waals surface area contributed by atoms with Crippen LogP contribution < -0.4 is 20.7 Å². The highest BCUT2D eigenvalue weighted by Gasteiger charge is 2.33. The summed E-state index contributed by atoms with van der Waals surface area (Å²) in [6.45, 7) is 7.67. The molecule has 1 heterocycles. The third-order valence-electron chi connectivity index (χ3n) is 3.82. The molecule has 1 fully saturated rings. The first-order chi connectivity index (χ1) is 12.5. The maximum Gasteiger partial charge on any atom is 0.243 e. The standard InChI is InChI=1S/C18H24N4O3S/c1-3-9-20-18(26)22-11-10-19-17(24)15(22)12-16(23)21-13-5-7-14(8-6-13)25-4-2/h3,5-8,15H,1,4,9-12H2,2H3,(H,19,24)(H,20,26)(H,21,23)/t15-/m1/s1. The van der Waals surface area contributed by atoms with E-state index in [0.29, 0.717) is 37.0 Å². The first-order valence-corrected chi connectivity index (χ1v) is 8.91. The Labute approximate surface area is 158 Å². The zero-order chi connectivity index (χ0) is 18.9. The lowest BCUT2D eigenvalue weighted by Gasteiger charge is -2.36. The van der Waals surface area contributed by atoms with Crippen molar-refractivity contribution in [1.82, 2.24) is 15.5 Å². The van der Waals surface area contributed by atoms with E-state index in [1.54, 1.807) is 35.2 Å². The average molecular weight is 376 g/mol. The predicted octanol–water partition coefficient (Wildman–Crippen LogP) is 1.27. The molecule has 3 N–H and O–H groups in total. The highest BCUT2D eigenvalue weighted by atomic mass is 32.1. The van der Waals surface area contributed by atoms with Crippen molar-refractivity contribution in [3.05, 3.63) is 36.9 Å². The summed E-state index contributed by atoms with van der Waals surface area (Å²) in [5.41, 5.74) is 0.647. The summed E-state index contributed by atoms with van der Waals surface area (Å²) in [4.78, 5) is 26.4. The van der Waals surface area contributed by atoms with Crippen molar-refractivity contribution in [2.24, 2.45) is 0 Å². The smallest absolute Gasteiger partial charge is 0.243 e. The van der Waals surface area contributed by atoms with Crippen molar-refractivity contribution < 1.29 is 14.3 Å². The van der Waals surface area contributed by atoms with Crippen LogP contribution in [0.5, 0.6) is 5.75 Å². The molecule has 8 heteroatoms. The van der Waals surface area contributed by atoms with Crippen molar-refractivity contribution in [1.29, 1.82) is 0 Å². The molecule has 0 spiro atoms. The Kier molecular flexibility index (Phi) is 7.40. The van der Waals surface area contributed by atoms with Crippen LogP contribution in [0.2, 0.25) is 0 Å². The molecule has 2 amide bonds. The SMILES string of the molecule is C=CCNC(=S)N1CCNC(=O)[C@H]1CC(=O)Nc1ccc(OCC)cc1. The van der Waals surface area contributed by atoms with Crippen LogP contribution in [0.4, 0.5) is 5.69 Å². The quantitative estimate of drug-likeness (QED) is 0.491. The van der Waals surface area contributed by atoms with Gasteiger partial charge in [-0.25, -0.2) is 0 Å². The number of benzene rings is 1. The fraction of sp³-hybridized carbons (Fsp3) is 0.389. The summed E-state index contributed by atoms with van der Waals surface area (Å²) < 4.78 is 5.37. The molecule has 1 aromatic carbocycles. The lowest BCUT2D eigenvalue weighted by molar-refractivity contribution is -0.130. The first kappa shape index (κ1) is 19.7. The number of thiocarbonyl (C=S) groups is 1. The van der Waals surface area contributed by atoms with Gasteiger partial charge in [0.05, 0.1) is 13.0 Å². The normalized spacial score (nSPS) is 16.4. The fourth-order valence-electron chi connectivity index (χ4n) is 2.61. The summed E-state index contributed by atoms with van der Waals surface area (Å²) in [5, 5.41) is 9.03. The molecule has 26 heavy (non-hydrogen) atoms. The molecule has 0 saturated carbocycles. The van der Waals surface area contributed by atoms with Crippen LogP contribution in [0.25, 0.3) is 0 Å². The van der Waals surface area contributed by atoms with Gasteiger partial charge in [0.2, 0.25) is 11.8 Å². The van der Waals surface area contributed by atoms with E-state index in [0.717, 1.165) is 5.75 Å². The van der Waals surface area contributed by atoms with Crippen LogP contribution in [0.1, 0.15) is 13.3 Å². The molecule has 0 bridgehead atoms. The molecule has 2 rings (SSSR count). The molecule has 1 saturated heterocycles.